The molecule has 0 spiro atoms. The zero-order chi connectivity index (χ0) is 18.6. The number of thiazole rings is 1. The van der Waals surface area contributed by atoms with Crippen molar-refractivity contribution in [1.82, 2.24) is 9.97 Å². The lowest BCUT2D eigenvalue weighted by molar-refractivity contribution is -0.115. The highest BCUT2D eigenvalue weighted by Gasteiger charge is 2.11. The van der Waals surface area contributed by atoms with Crippen molar-refractivity contribution in [2.45, 2.75) is 12.8 Å². The van der Waals surface area contributed by atoms with Crippen LogP contribution in [-0.4, -0.2) is 15.9 Å². The maximum atomic E-state index is 12.4. The fraction of sp³-hybridized carbons (Fsp3) is 0.0952. The Hall–Kier alpha value is -2.76. The molecule has 0 radical (unpaired) electrons. The number of amides is 1. The molecule has 134 valence electrons. The average Bonchev–Trinajstić information content (AvgIpc) is 3.08. The van der Waals surface area contributed by atoms with Gasteiger partial charge in [0.2, 0.25) is 5.91 Å². The second-order valence-corrected chi connectivity index (χ2v) is 7.52. The van der Waals surface area contributed by atoms with Crippen LogP contribution in [0.15, 0.2) is 66.2 Å². The minimum absolute atomic E-state index is 0.104. The van der Waals surface area contributed by atoms with Gasteiger partial charge in [0.1, 0.15) is 0 Å². The number of benzene rings is 2. The number of carbonyl (C=O) groups is 1. The highest BCUT2D eigenvalue weighted by Crippen LogP contribution is 2.21. The number of hydrogen-bond acceptors (Lipinski definition) is 4. The SMILES string of the molecule is O=C(Cc1csc(Cc2cccc(Cl)c2)n1)Nc1cccc2cccnc12. The summed E-state index contributed by atoms with van der Waals surface area (Å²) in [4.78, 5) is 21.4. The normalized spacial score (nSPS) is 10.9. The Balaban J connectivity index is 1.43. The molecule has 0 aliphatic heterocycles. The van der Waals surface area contributed by atoms with Crippen LogP contribution in [0.2, 0.25) is 5.02 Å². The Morgan fingerprint density at radius 1 is 1.11 bits per heavy atom. The zero-order valence-corrected chi connectivity index (χ0v) is 15.9. The van der Waals surface area contributed by atoms with E-state index >= 15 is 0 Å². The van der Waals surface area contributed by atoms with E-state index in [0.29, 0.717) is 17.1 Å². The number of pyridine rings is 1. The van der Waals surface area contributed by atoms with Gasteiger partial charge in [-0.15, -0.1) is 11.3 Å². The number of nitrogens with one attached hydrogen (secondary N) is 1. The number of fused-ring (bicyclic) bond motifs is 1. The Kier molecular flexibility index (Phi) is 5.14. The molecule has 0 fully saturated rings. The van der Waals surface area contributed by atoms with E-state index in [-0.39, 0.29) is 12.3 Å². The first-order chi connectivity index (χ1) is 13.2. The fourth-order valence-electron chi connectivity index (χ4n) is 2.90. The molecule has 0 saturated heterocycles. The van der Waals surface area contributed by atoms with Crippen molar-refractivity contribution in [2.24, 2.45) is 0 Å². The number of anilines is 1. The summed E-state index contributed by atoms with van der Waals surface area (Å²) >= 11 is 7.58. The van der Waals surface area contributed by atoms with E-state index in [1.807, 2.05) is 60.0 Å². The maximum Gasteiger partial charge on any atom is 0.230 e. The Morgan fingerprint density at radius 3 is 2.85 bits per heavy atom. The third-order valence-corrected chi connectivity index (χ3v) is 5.22. The predicted molar refractivity (Wildman–Crippen MR) is 110 cm³/mol. The van der Waals surface area contributed by atoms with Crippen LogP contribution in [-0.2, 0) is 17.6 Å². The van der Waals surface area contributed by atoms with Gasteiger partial charge in [-0.1, -0.05) is 41.9 Å². The van der Waals surface area contributed by atoms with Gasteiger partial charge in [0.25, 0.3) is 0 Å². The Bertz CT molecular complexity index is 1100. The Morgan fingerprint density at radius 2 is 1.96 bits per heavy atom. The van der Waals surface area contributed by atoms with Crippen molar-refractivity contribution >= 4 is 45.4 Å². The maximum absolute atomic E-state index is 12.4. The van der Waals surface area contributed by atoms with Crippen LogP contribution < -0.4 is 5.32 Å². The lowest BCUT2D eigenvalue weighted by atomic mass is 10.1. The molecule has 0 bridgehead atoms. The summed E-state index contributed by atoms with van der Waals surface area (Å²) in [5, 5.41) is 7.55. The first-order valence-corrected chi connectivity index (χ1v) is 9.74. The molecular weight excluding hydrogens is 378 g/mol. The van der Waals surface area contributed by atoms with E-state index in [2.05, 4.69) is 15.3 Å². The molecule has 1 amide bonds. The number of aromatic nitrogens is 2. The lowest BCUT2D eigenvalue weighted by Crippen LogP contribution is -2.15. The van der Waals surface area contributed by atoms with Gasteiger partial charge < -0.3 is 5.32 Å². The van der Waals surface area contributed by atoms with Gasteiger partial charge in [-0.05, 0) is 29.8 Å². The van der Waals surface area contributed by atoms with E-state index < -0.39 is 0 Å². The number of para-hydroxylation sites is 1. The van der Waals surface area contributed by atoms with Crippen molar-refractivity contribution in [3.8, 4) is 0 Å². The van der Waals surface area contributed by atoms with Crippen LogP contribution in [0.25, 0.3) is 10.9 Å². The standard InChI is InChI=1S/C21H16ClN3OS/c22-16-7-1-4-14(10-16)11-20-24-17(13-27-20)12-19(26)25-18-8-2-5-15-6-3-9-23-21(15)18/h1-10,13H,11-12H2,(H,25,26). The summed E-state index contributed by atoms with van der Waals surface area (Å²) in [7, 11) is 0. The molecule has 2 aromatic carbocycles. The molecule has 0 atom stereocenters. The summed E-state index contributed by atoms with van der Waals surface area (Å²) < 4.78 is 0. The van der Waals surface area contributed by atoms with Gasteiger partial charge in [0.15, 0.2) is 0 Å². The van der Waals surface area contributed by atoms with E-state index in [4.69, 9.17) is 11.6 Å². The van der Waals surface area contributed by atoms with Crippen LogP contribution in [0.1, 0.15) is 16.3 Å². The largest absolute Gasteiger partial charge is 0.324 e. The van der Waals surface area contributed by atoms with Gasteiger partial charge in [-0.3, -0.25) is 9.78 Å². The predicted octanol–water partition coefficient (Wildman–Crippen LogP) is 5.12. The Labute approximate surface area is 165 Å². The minimum atomic E-state index is -0.104. The van der Waals surface area contributed by atoms with Gasteiger partial charge >= 0.3 is 0 Å². The molecule has 0 unspecified atom stereocenters. The molecule has 4 rings (SSSR count). The summed E-state index contributed by atoms with van der Waals surface area (Å²) in [6.07, 6.45) is 2.66. The second-order valence-electron chi connectivity index (χ2n) is 6.14. The quantitative estimate of drug-likeness (QED) is 0.512. The van der Waals surface area contributed by atoms with Gasteiger partial charge in [-0.2, -0.15) is 0 Å². The molecule has 0 saturated carbocycles. The first kappa shape index (κ1) is 17.6. The third kappa shape index (κ3) is 4.32. The van der Waals surface area contributed by atoms with E-state index in [1.165, 1.54) is 0 Å². The van der Waals surface area contributed by atoms with Crippen molar-refractivity contribution in [3.05, 3.63) is 87.5 Å². The highest BCUT2D eigenvalue weighted by molar-refractivity contribution is 7.09. The molecule has 1 N–H and O–H groups in total. The number of hydrogen-bond donors (Lipinski definition) is 1. The van der Waals surface area contributed by atoms with Crippen LogP contribution in [0.5, 0.6) is 0 Å². The van der Waals surface area contributed by atoms with Gasteiger partial charge in [0.05, 0.1) is 28.3 Å². The van der Waals surface area contributed by atoms with Crippen LogP contribution in [0.3, 0.4) is 0 Å². The van der Waals surface area contributed by atoms with Crippen LogP contribution >= 0.6 is 22.9 Å². The van der Waals surface area contributed by atoms with Crippen molar-refractivity contribution in [2.75, 3.05) is 5.32 Å². The molecule has 0 aliphatic rings. The summed E-state index contributed by atoms with van der Waals surface area (Å²) in [6.45, 7) is 0. The second kappa shape index (κ2) is 7.86. The third-order valence-electron chi connectivity index (χ3n) is 4.09. The molecule has 2 heterocycles. The molecule has 4 nitrogen and oxygen atoms in total. The van der Waals surface area contributed by atoms with E-state index in [0.717, 1.165) is 27.2 Å². The molecule has 4 aromatic rings. The zero-order valence-electron chi connectivity index (χ0n) is 14.4. The molecule has 2 aromatic heterocycles. The number of carbonyl (C=O) groups excluding carboxylic acids is 1. The summed E-state index contributed by atoms with van der Waals surface area (Å²) in [6, 6.07) is 17.3. The molecular formula is C21H16ClN3OS. The topological polar surface area (TPSA) is 54.9 Å². The minimum Gasteiger partial charge on any atom is -0.324 e. The summed E-state index contributed by atoms with van der Waals surface area (Å²) in [5.74, 6) is -0.104. The number of nitrogens with zero attached hydrogens (tertiary/aromatic N) is 2. The first-order valence-electron chi connectivity index (χ1n) is 8.49. The van der Waals surface area contributed by atoms with Crippen LogP contribution in [0, 0.1) is 0 Å². The van der Waals surface area contributed by atoms with Crippen molar-refractivity contribution in [3.63, 3.8) is 0 Å². The lowest BCUT2D eigenvalue weighted by Gasteiger charge is -2.07. The highest BCUT2D eigenvalue weighted by atomic mass is 35.5. The average molecular weight is 394 g/mol. The molecule has 6 heteroatoms. The van der Waals surface area contributed by atoms with Gasteiger partial charge in [-0.25, -0.2) is 4.98 Å². The van der Waals surface area contributed by atoms with E-state index in [9.17, 15) is 4.79 Å². The van der Waals surface area contributed by atoms with Gasteiger partial charge in [0, 0.05) is 28.4 Å². The fourth-order valence-corrected chi connectivity index (χ4v) is 3.94. The van der Waals surface area contributed by atoms with Crippen molar-refractivity contribution in [1.29, 1.82) is 0 Å². The monoisotopic (exact) mass is 393 g/mol. The smallest absolute Gasteiger partial charge is 0.230 e. The summed E-state index contributed by atoms with van der Waals surface area (Å²) in [5.41, 5.74) is 3.37. The van der Waals surface area contributed by atoms with E-state index in [1.54, 1.807) is 17.5 Å². The van der Waals surface area contributed by atoms with Crippen LogP contribution in [0.4, 0.5) is 5.69 Å². The molecule has 0 aliphatic carbocycles. The van der Waals surface area contributed by atoms with Crippen molar-refractivity contribution < 1.29 is 4.79 Å². The molecule has 27 heavy (non-hydrogen) atoms. The number of rotatable bonds is 5. The number of halogens is 1.